The zero-order valence-electron chi connectivity index (χ0n) is 12.3. The molecule has 1 aromatic rings. The molecule has 1 aromatic carbocycles. The average molecular weight is 298 g/mol. The minimum atomic E-state index is -0.809. The van der Waals surface area contributed by atoms with Crippen LogP contribution in [0, 0.1) is 17.0 Å². The summed E-state index contributed by atoms with van der Waals surface area (Å²) in [5, 5.41) is 22.1. The van der Waals surface area contributed by atoms with E-state index in [1.165, 1.54) is 0 Å². The summed E-state index contributed by atoms with van der Waals surface area (Å²) in [6.07, 6.45) is -0.155. The Bertz CT molecular complexity index is 424. The fourth-order valence-electron chi connectivity index (χ4n) is 1.63. The summed E-state index contributed by atoms with van der Waals surface area (Å²) in [4.78, 5) is 14.2. The van der Waals surface area contributed by atoms with Crippen molar-refractivity contribution in [3.8, 4) is 5.75 Å². The van der Waals surface area contributed by atoms with Crippen LogP contribution < -0.4 is 10.1 Å². The van der Waals surface area contributed by atoms with Crippen LogP contribution in [0.15, 0.2) is 24.3 Å². The number of aryl methyl sites for hydroxylation is 1. The van der Waals surface area contributed by atoms with Gasteiger partial charge in [0.2, 0.25) is 0 Å². The molecule has 0 spiro atoms. The molecule has 0 aromatic heterocycles. The molecule has 118 valence electrons. The molecular weight excluding hydrogens is 276 g/mol. The molecule has 0 amide bonds. The summed E-state index contributed by atoms with van der Waals surface area (Å²) < 4.78 is 5.46. The Morgan fingerprint density at radius 3 is 2.67 bits per heavy atom. The lowest BCUT2D eigenvalue weighted by atomic mass is 10.2. The highest BCUT2D eigenvalue weighted by atomic mass is 16.9. The van der Waals surface area contributed by atoms with Gasteiger partial charge in [0.15, 0.2) is 0 Å². The predicted octanol–water partition coefficient (Wildman–Crippen LogP) is 1.31. The third-order valence-electron chi connectivity index (χ3n) is 2.91. The molecule has 0 saturated heterocycles. The number of nitrogens with zero attached hydrogens (tertiary/aromatic N) is 1. The lowest BCUT2D eigenvalue weighted by Gasteiger charge is -2.17. The van der Waals surface area contributed by atoms with Crippen LogP contribution in [0.1, 0.15) is 18.9 Å². The molecule has 0 heterocycles. The SMILES string of the molecule is Cc1ccc(OCC(O)CNC(C)CCO[N+](=O)[O-])cc1. The Hall–Kier alpha value is -1.86. The number of ether oxygens (including phenoxy) is 1. The summed E-state index contributed by atoms with van der Waals surface area (Å²) in [7, 11) is 0. The molecule has 7 heteroatoms. The van der Waals surface area contributed by atoms with E-state index in [-0.39, 0.29) is 19.3 Å². The summed E-state index contributed by atoms with van der Waals surface area (Å²) in [5.41, 5.74) is 1.15. The Labute approximate surface area is 124 Å². The van der Waals surface area contributed by atoms with Gasteiger partial charge in [0.25, 0.3) is 5.09 Å². The van der Waals surface area contributed by atoms with Crippen molar-refractivity contribution in [3.05, 3.63) is 39.9 Å². The lowest BCUT2D eigenvalue weighted by molar-refractivity contribution is -0.757. The van der Waals surface area contributed by atoms with Crippen LogP contribution in [-0.4, -0.2) is 42.1 Å². The highest BCUT2D eigenvalue weighted by Gasteiger charge is 2.08. The van der Waals surface area contributed by atoms with Crippen molar-refractivity contribution < 1.29 is 19.8 Å². The molecule has 0 aliphatic heterocycles. The second kappa shape index (κ2) is 9.15. The molecule has 7 nitrogen and oxygen atoms in total. The quantitative estimate of drug-likeness (QED) is 0.499. The Kier molecular flexibility index (Phi) is 7.49. The van der Waals surface area contributed by atoms with Crippen LogP contribution in [0.2, 0.25) is 0 Å². The molecule has 1 rings (SSSR count). The van der Waals surface area contributed by atoms with Crippen molar-refractivity contribution in [2.45, 2.75) is 32.4 Å². The van der Waals surface area contributed by atoms with Gasteiger partial charge in [-0.3, -0.25) is 0 Å². The van der Waals surface area contributed by atoms with Gasteiger partial charge < -0.3 is 20.0 Å². The number of rotatable bonds is 10. The number of hydrogen-bond donors (Lipinski definition) is 2. The molecule has 0 aliphatic rings. The van der Waals surface area contributed by atoms with E-state index in [4.69, 9.17) is 4.74 Å². The van der Waals surface area contributed by atoms with Crippen LogP contribution in [0.25, 0.3) is 0 Å². The van der Waals surface area contributed by atoms with Crippen molar-refractivity contribution in [2.75, 3.05) is 19.8 Å². The van der Waals surface area contributed by atoms with Crippen molar-refractivity contribution >= 4 is 0 Å². The fraction of sp³-hybridized carbons (Fsp3) is 0.571. The van der Waals surface area contributed by atoms with Gasteiger partial charge in [0.1, 0.15) is 18.5 Å². The van der Waals surface area contributed by atoms with Crippen molar-refractivity contribution in [3.63, 3.8) is 0 Å². The maximum atomic E-state index is 9.99. The van der Waals surface area contributed by atoms with E-state index in [9.17, 15) is 15.2 Å². The molecule has 2 atom stereocenters. The predicted molar refractivity (Wildman–Crippen MR) is 77.7 cm³/mol. The monoisotopic (exact) mass is 298 g/mol. The maximum Gasteiger partial charge on any atom is 0.294 e. The van der Waals surface area contributed by atoms with E-state index in [2.05, 4.69) is 10.2 Å². The molecule has 0 saturated carbocycles. The molecule has 2 unspecified atom stereocenters. The average Bonchev–Trinajstić information content (AvgIpc) is 2.44. The van der Waals surface area contributed by atoms with Gasteiger partial charge >= 0.3 is 0 Å². The first-order chi connectivity index (χ1) is 9.97. The number of nitrogens with one attached hydrogen (secondary N) is 1. The van der Waals surface area contributed by atoms with Gasteiger partial charge in [-0.2, -0.15) is 0 Å². The summed E-state index contributed by atoms with van der Waals surface area (Å²) in [6, 6.07) is 7.61. The minimum absolute atomic E-state index is 0.0129. The van der Waals surface area contributed by atoms with Crippen LogP contribution in [0.4, 0.5) is 0 Å². The van der Waals surface area contributed by atoms with Crippen molar-refractivity contribution in [1.82, 2.24) is 5.32 Å². The van der Waals surface area contributed by atoms with Crippen LogP contribution in [0.5, 0.6) is 5.75 Å². The Balaban J connectivity index is 2.14. The first kappa shape index (κ1) is 17.2. The zero-order chi connectivity index (χ0) is 15.7. The van der Waals surface area contributed by atoms with Crippen LogP contribution in [-0.2, 0) is 4.84 Å². The van der Waals surface area contributed by atoms with E-state index in [1.807, 2.05) is 38.1 Å². The van der Waals surface area contributed by atoms with Gasteiger partial charge in [-0.1, -0.05) is 17.7 Å². The molecule has 0 bridgehead atoms. The standard InChI is InChI=1S/C14H22N2O5/c1-11-3-5-14(6-4-11)20-10-13(17)9-15-12(2)7-8-21-16(18)19/h3-6,12-13,15,17H,7-10H2,1-2H3. The maximum absolute atomic E-state index is 9.99. The lowest BCUT2D eigenvalue weighted by Crippen LogP contribution is -2.37. The summed E-state index contributed by atoms with van der Waals surface area (Å²) >= 11 is 0. The highest BCUT2D eigenvalue weighted by molar-refractivity contribution is 5.26. The number of hydrogen-bond acceptors (Lipinski definition) is 6. The molecule has 2 N–H and O–H groups in total. The molecule has 21 heavy (non-hydrogen) atoms. The number of aliphatic hydroxyl groups excluding tert-OH is 1. The smallest absolute Gasteiger partial charge is 0.294 e. The minimum Gasteiger partial charge on any atom is -0.491 e. The first-order valence-electron chi connectivity index (χ1n) is 6.85. The van der Waals surface area contributed by atoms with E-state index in [1.54, 1.807) is 0 Å². The molecular formula is C14H22N2O5. The Morgan fingerprint density at radius 2 is 2.05 bits per heavy atom. The van der Waals surface area contributed by atoms with Gasteiger partial charge in [-0.25, -0.2) is 0 Å². The number of benzene rings is 1. The fourth-order valence-corrected chi connectivity index (χ4v) is 1.63. The van der Waals surface area contributed by atoms with Crippen LogP contribution in [0.3, 0.4) is 0 Å². The van der Waals surface area contributed by atoms with Gasteiger partial charge in [0, 0.05) is 12.6 Å². The highest BCUT2D eigenvalue weighted by Crippen LogP contribution is 2.11. The largest absolute Gasteiger partial charge is 0.491 e. The van der Waals surface area contributed by atoms with E-state index >= 15 is 0 Å². The Morgan fingerprint density at radius 1 is 1.38 bits per heavy atom. The third-order valence-corrected chi connectivity index (χ3v) is 2.91. The van der Waals surface area contributed by atoms with Crippen molar-refractivity contribution in [2.24, 2.45) is 0 Å². The third kappa shape index (κ3) is 8.11. The normalized spacial score (nSPS) is 13.5. The molecule has 0 radical (unpaired) electrons. The second-order valence-electron chi connectivity index (χ2n) is 4.93. The number of aliphatic hydroxyl groups is 1. The summed E-state index contributed by atoms with van der Waals surface area (Å²) in [6.45, 7) is 4.44. The zero-order valence-corrected chi connectivity index (χ0v) is 12.3. The van der Waals surface area contributed by atoms with Crippen molar-refractivity contribution in [1.29, 1.82) is 0 Å². The van der Waals surface area contributed by atoms with E-state index in [0.717, 1.165) is 5.56 Å². The summed E-state index contributed by atoms with van der Waals surface area (Å²) in [5.74, 6) is 0.715. The molecule has 0 fully saturated rings. The van der Waals surface area contributed by atoms with E-state index < -0.39 is 11.2 Å². The van der Waals surface area contributed by atoms with Crippen LogP contribution >= 0.6 is 0 Å². The van der Waals surface area contributed by atoms with Gasteiger partial charge in [0.05, 0.1) is 6.61 Å². The van der Waals surface area contributed by atoms with E-state index in [0.29, 0.717) is 18.7 Å². The topological polar surface area (TPSA) is 93.9 Å². The van der Waals surface area contributed by atoms with Gasteiger partial charge in [-0.15, -0.1) is 10.1 Å². The van der Waals surface area contributed by atoms with Gasteiger partial charge in [-0.05, 0) is 32.4 Å². The second-order valence-corrected chi connectivity index (χ2v) is 4.93. The first-order valence-corrected chi connectivity index (χ1v) is 6.85. The molecule has 0 aliphatic carbocycles.